The van der Waals surface area contributed by atoms with Crippen molar-refractivity contribution >= 4 is 6.03 Å². The van der Waals surface area contributed by atoms with E-state index in [4.69, 9.17) is 5.11 Å². The minimum absolute atomic E-state index is 0.147. The second-order valence-electron chi connectivity index (χ2n) is 3.90. The molecule has 0 atom stereocenters. The van der Waals surface area contributed by atoms with Crippen molar-refractivity contribution < 1.29 is 23.1 Å². The fourth-order valence-electron chi connectivity index (χ4n) is 1.44. The highest BCUT2D eigenvalue weighted by molar-refractivity contribution is 5.73. The maximum atomic E-state index is 11.9. The van der Waals surface area contributed by atoms with Crippen molar-refractivity contribution in [3.63, 3.8) is 0 Å². The van der Waals surface area contributed by atoms with Gasteiger partial charge in [-0.15, -0.1) is 0 Å². The van der Waals surface area contributed by atoms with Crippen molar-refractivity contribution in [1.29, 1.82) is 0 Å². The number of rotatable bonds is 5. The van der Waals surface area contributed by atoms with Crippen LogP contribution in [0.25, 0.3) is 0 Å². The third kappa shape index (κ3) is 6.10. The number of nitrogens with one attached hydrogen (secondary N) is 2. The van der Waals surface area contributed by atoms with Crippen LogP contribution in [-0.2, 0) is 13.2 Å². The third-order valence-electron chi connectivity index (χ3n) is 2.42. The van der Waals surface area contributed by atoms with E-state index in [2.05, 4.69) is 10.6 Å². The topological polar surface area (TPSA) is 61.4 Å². The summed E-state index contributed by atoms with van der Waals surface area (Å²) in [5.74, 6) is 0. The van der Waals surface area contributed by atoms with E-state index < -0.39 is 25.2 Å². The van der Waals surface area contributed by atoms with Crippen LogP contribution in [0.4, 0.5) is 18.0 Å². The molecule has 0 heterocycles. The molecule has 1 aromatic rings. The lowest BCUT2D eigenvalue weighted by Crippen LogP contribution is -2.37. The first-order chi connectivity index (χ1) is 8.92. The maximum Gasteiger partial charge on any atom is 0.390 e. The molecule has 0 unspecified atom stereocenters. The van der Waals surface area contributed by atoms with E-state index in [0.717, 1.165) is 5.56 Å². The van der Waals surface area contributed by atoms with Crippen LogP contribution in [0.1, 0.15) is 17.5 Å². The number of alkyl halides is 3. The van der Waals surface area contributed by atoms with Crippen molar-refractivity contribution in [2.45, 2.75) is 25.7 Å². The lowest BCUT2D eigenvalue weighted by atomic mass is 10.1. The molecular formula is C12H15F3N2O2. The molecule has 0 fully saturated rings. The summed E-state index contributed by atoms with van der Waals surface area (Å²) in [6, 6.07) is 6.26. The Morgan fingerprint density at radius 1 is 1.16 bits per heavy atom. The van der Waals surface area contributed by atoms with Crippen LogP contribution in [-0.4, -0.2) is 23.9 Å². The standard InChI is InChI=1S/C12H15F3N2O2/c13-12(14,15)5-6-16-11(19)17-7-9-3-1-2-4-10(9)8-18/h1-4,18H,5-8H2,(H2,16,17,19). The van der Waals surface area contributed by atoms with Crippen LogP contribution >= 0.6 is 0 Å². The molecule has 0 saturated heterocycles. The Hall–Kier alpha value is -1.76. The van der Waals surface area contributed by atoms with Gasteiger partial charge in [-0.3, -0.25) is 0 Å². The molecule has 0 aliphatic carbocycles. The number of halogens is 3. The summed E-state index contributed by atoms with van der Waals surface area (Å²) in [5.41, 5.74) is 1.38. The molecule has 7 heteroatoms. The molecule has 3 N–H and O–H groups in total. The van der Waals surface area contributed by atoms with Crippen molar-refractivity contribution in [2.24, 2.45) is 0 Å². The van der Waals surface area contributed by atoms with Crippen LogP contribution in [0.2, 0.25) is 0 Å². The summed E-state index contributed by atoms with van der Waals surface area (Å²) in [4.78, 5) is 11.2. The average Bonchev–Trinajstić information content (AvgIpc) is 2.35. The SMILES string of the molecule is O=C(NCCC(F)(F)F)NCc1ccccc1CO. The predicted molar refractivity (Wildman–Crippen MR) is 63.3 cm³/mol. The van der Waals surface area contributed by atoms with Gasteiger partial charge in [-0.1, -0.05) is 24.3 Å². The Morgan fingerprint density at radius 3 is 2.37 bits per heavy atom. The largest absolute Gasteiger partial charge is 0.392 e. The number of benzene rings is 1. The number of amides is 2. The highest BCUT2D eigenvalue weighted by Crippen LogP contribution is 2.18. The fourth-order valence-corrected chi connectivity index (χ4v) is 1.44. The van der Waals surface area contributed by atoms with E-state index in [1.807, 2.05) is 0 Å². The monoisotopic (exact) mass is 276 g/mol. The number of aliphatic hydroxyl groups excluding tert-OH is 1. The quantitative estimate of drug-likeness (QED) is 0.769. The Bertz CT molecular complexity index is 422. The summed E-state index contributed by atoms with van der Waals surface area (Å²) < 4.78 is 35.6. The van der Waals surface area contributed by atoms with Gasteiger partial charge in [0.15, 0.2) is 0 Å². The van der Waals surface area contributed by atoms with Gasteiger partial charge in [0.05, 0.1) is 13.0 Å². The van der Waals surface area contributed by atoms with Crippen LogP contribution in [0.3, 0.4) is 0 Å². The fraction of sp³-hybridized carbons (Fsp3) is 0.417. The molecule has 0 spiro atoms. The summed E-state index contributed by atoms with van der Waals surface area (Å²) in [6.45, 7) is -0.473. The van der Waals surface area contributed by atoms with Gasteiger partial charge < -0.3 is 15.7 Å². The highest BCUT2D eigenvalue weighted by atomic mass is 19.4. The van der Waals surface area contributed by atoms with Gasteiger partial charge in [-0.05, 0) is 11.1 Å². The van der Waals surface area contributed by atoms with Gasteiger partial charge in [0.25, 0.3) is 0 Å². The predicted octanol–water partition coefficient (Wildman–Crippen LogP) is 1.93. The Balaban J connectivity index is 2.34. The van der Waals surface area contributed by atoms with E-state index in [9.17, 15) is 18.0 Å². The lowest BCUT2D eigenvalue weighted by molar-refractivity contribution is -0.132. The maximum absolute atomic E-state index is 11.9. The van der Waals surface area contributed by atoms with E-state index in [-0.39, 0.29) is 13.2 Å². The van der Waals surface area contributed by atoms with E-state index in [0.29, 0.717) is 5.56 Å². The van der Waals surface area contributed by atoms with E-state index >= 15 is 0 Å². The number of carbonyl (C=O) groups is 1. The first-order valence-corrected chi connectivity index (χ1v) is 5.68. The zero-order chi connectivity index (χ0) is 14.3. The molecular weight excluding hydrogens is 261 g/mol. The number of hydrogen-bond acceptors (Lipinski definition) is 2. The smallest absolute Gasteiger partial charge is 0.390 e. The van der Waals surface area contributed by atoms with E-state index in [1.54, 1.807) is 24.3 Å². The highest BCUT2D eigenvalue weighted by Gasteiger charge is 2.26. The Morgan fingerprint density at radius 2 is 1.79 bits per heavy atom. The summed E-state index contributed by atoms with van der Waals surface area (Å²) in [5, 5.41) is 13.6. The van der Waals surface area contributed by atoms with Crippen LogP contribution in [0.5, 0.6) is 0 Å². The van der Waals surface area contributed by atoms with Crippen molar-refractivity contribution in [3.05, 3.63) is 35.4 Å². The second-order valence-corrected chi connectivity index (χ2v) is 3.90. The lowest BCUT2D eigenvalue weighted by Gasteiger charge is -2.11. The molecule has 0 aliphatic heterocycles. The number of hydrogen-bond donors (Lipinski definition) is 3. The van der Waals surface area contributed by atoms with Crippen LogP contribution in [0.15, 0.2) is 24.3 Å². The van der Waals surface area contributed by atoms with Gasteiger partial charge in [0.1, 0.15) is 0 Å². The summed E-state index contributed by atoms with van der Waals surface area (Å²) >= 11 is 0. The van der Waals surface area contributed by atoms with Gasteiger partial charge in [-0.2, -0.15) is 13.2 Å². The van der Waals surface area contributed by atoms with Gasteiger partial charge in [0, 0.05) is 13.1 Å². The van der Waals surface area contributed by atoms with E-state index in [1.165, 1.54) is 0 Å². The third-order valence-corrected chi connectivity index (χ3v) is 2.42. The zero-order valence-electron chi connectivity index (χ0n) is 10.1. The first kappa shape index (κ1) is 15.3. The molecule has 0 aliphatic rings. The Labute approximate surface area is 108 Å². The second kappa shape index (κ2) is 6.98. The minimum atomic E-state index is -4.28. The molecule has 106 valence electrons. The molecule has 1 rings (SSSR count). The number of urea groups is 1. The van der Waals surface area contributed by atoms with Crippen molar-refractivity contribution in [3.8, 4) is 0 Å². The first-order valence-electron chi connectivity index (χ1n) is 5.68. The molecule has 19 heavy (non-hydrogen) atoms. The van der Waals surface area contributed by atoms with Crippen molar-refractivity contribution in [2.75, 3.05) is 6.54 Å². The minimum Gasteiger partial charge on any atom is -0.392 e. The molecule has 4 nitrogen and oxygen atoms in total. The normalized spacial score (nSPS) is 11.2. The van der Waals surface area contributed by atoms with Gasteiger partial charge >= 0.3 is 12.2 Å². The molecule has 0 radical (unpaired) electrons. The molecule has 2 amide bonds. The molecule has 0 saturated carbocycles. The summed E-state index contributed by atoms with van der Waals surface area (Å²) in [7, 11) is 0. The van der Waals surface area contributed by atoms with Crippen molar-refractivity contribution in [1.82, 2.24) is 10.6 Å². The average molecular weight is 276 g/mol. The van der Waals surface area contributed by atoms with Gasteiger partial charge in [-0.25, -0.2) is 4.79 Å². The number of aliphatic hydroxyl groups is 1. The van der Waals surface area contributed by atoms with Crippen LogP contribution in [0, 0.1) is 0 Å². The molecule has 0 aromatic heterocycles. The number of carbonyl (C=O) groups excluding carboxylic acids is 1. The van der Waals surface area contributed by atoms with Crippen LogP contribution < -0.4 is 10.6 Å². The molecule has 0 bridgehead atoms. The van der Waals surface area contributed by atoms with Gasteiger partial charge in [0.2, 0.25) is 0 Å². The Kier molecular flexibility index (Phi) is 5.62. The zero-order valence-corrected chi connectivity index (χ0v) is 10.1. The molecule has 1 aromatic carbocycles. The summed E-state index contributed by atoms with van der Waals surface area (Å²) in [6.07, 6.45) is -5.34.